The molecule has 1 fully saturated rings. The van der Waals surface area contributed by atoms with Gasteiger partial charge in [-0.15, -0.1) is 0 Å². The summed E-state index contributed by atoms with van der Waals surface area (Å²) >= 11 is 0. The Hall–Kier alpha value is -1.30. The Kier molecular flexibility index (Phi) is 5.87. The van der Waals surface area contributed by atoms with Crippen LogP contribution in [0.5, 0.6) is 11.5 Å². The number of fused-ring (bicyclic) bond motifs is 1. The number of benzene rings is 1. The zero-order valence-corrected chi connectivity index (χ0v) is 16.5. The van der Waals surface area contributed by atoms with Crippen molar-refractivity contribution >= 4 is 0 Å². The van der Waals surface area contributed by atoms with Gasteiger partial charge in [-0.05, 0) is 33.0 Å². The molecular weight excluding hydrogens is 314 g/mol. The first-order valence-corrected chi connectivity index (χ1v) is 9.44. The molecule has 1 atom stereocenters. The average Bonchev–Trinajstić information content (AvgIpc) is 2.62. The minimum Gasteiger partial charge on any atom is -0.496 e. The third kappa shape index (κ3) is 3.78. The molecule has 5 heteroatoms. The fourth-order valence-electron chi connectivity index (χ4n) is 4.21. The lowest BCUT2D eigenvalue weighted by Gasteiger charge is -2.37. The van der Waals surface area contributed by atoms with E-state index < -0.39 is 0 Å². The molecule has 0 aliphatic carbocycles. The van der Waals surface area contributed by atoms with Crippen LogP contribution in [0.3, 0.4) is 0 Å². The zero-order chi connectivity index (χ0) is 18.0. The molecule has 2 aliphatic heterocycles. The standard InChI is InChI=1S/C20H33N3O2/c1-6-16-12-17-18(14-22(16)3)19(24-4)11-15(20(17)25-5)13-23-9-7-21(2)8-10-23/h11,16H,6-10,12-14H2,1-5H3. The summed E-state index contributed by atoms with van der Waals surface area (Å²) in [5.41, 5.74) is 3.92. The molecule has 0 spiro atoms. The Bertz CT molecular complexity index is 597. The highest BCUT2D eigenvalue weighted by molar-refractivity contribution is 5.55. The first-order valence-electron chi connectivity index (χ1n) is 9.44. The number of methoxy groups -OCH3 is 2. The van der Waals surface area contributed by atoms with Crippen LogP contribution in [0.25, 0.3) is 0 Å². The van der Waals surface area contributed by atoms with Crippen LogP contribution in [0.2, 0.25) is 0 Å². The molecule has 1 aromatic rings. The molecule has 0 aromatic heterocycles. The second-order valence-electron chi connectivity index (χ2n) is 7.49. The molecule has 0 radical (unpaired) electrons. The van der Waals surface area contributed by atoms with Crippen LogP contribution < -0.4 is 9.47 Å². The lowest BCUT2D eigenvalue weighted by molar-refractivity contribution is 0.146. The van der Waals surface area contributed by atoms with Crippen LogP contribution in [0.4, 0.5) is 0 Å². The van der Waals surface area contributed by atoms with Gasteiger partial charge in [-0.3, -0.25) is 9.80 Å². The van der Waals surface area contributed by atoms with Crippen LogP contribution in [0.15, 0.2) is 6.07 Å². The lowest BCUT2D eigenvalue weighted by atomic mass is 9.89. The Morgan fingerprint density at radius 1 is 1.04 bits per heavy atom. The van der Waals surface area contributed by atoms with Crippen molar-refractivity contribution in [3.8, 4) is 11.5 Å². The van der Waals surface area contributed by atoms with Gasteiger partial charge in [0.25, 0.3) is 0 Å². The number of rotatable bonds is 5. The van der Waals surface area contributed by atoms with Crippen LogP contribution >= 0.6 is 0 Å². The Morgan fingerprint density at radius 2 is 1.76 bits per heavy atom. The van der Waals surface area contributed by atoms with E-state index in [1.165, 1.54) is 16.7 Å². The zero-order valence-electron chi connectivity index (χ0n) is 16.5. The highest BCUT2D eigenvalue weighted by Crippen LogP contribution is 2.40. The molecule has 1 unspecified atom stereocenters. The number of nitrogens with zero attached hydrogens (tertiary/aromatic N) is 3. The first kappa shape index (κ1) is 18.5. The van der Waals surface area contributed by atoms with E-state index in [2.05, 4.69) is 41.8 Å². The summed E-state index contributed by atoms with van der Waals surface area (Å²) in [6, 6.07) is 2.78. The van der Waals surface area contributed by atoms with Crippen LogP contribution in [-0.4, -0.2) is 75.2 Å². The fraction of sp³-hybridized carbons (Fsp3) is 0.700. The van der Waals surface area contributed by atoms with Gasteiger partial charge in [-0.2, -0.15) is 0 Å². The molecule has 2 aliphatic rings. The minimum absolute atomic E-state index is 0.574. The molecule has 1 saturated heterocycles. The third-order valence-electron chi connectivity index (χ3n) is 5.89. The SMILES string of the molecule is CCC1Cc2c(c(OC)cc(CN3CCN(C)CC3)c2OC)CN1C. The number of hydrogen-bond acceptors (Lipinski definition) is 5. The van der Waals surface area contributed by atoms with Gasteiger partial charge >= 0.3 is 0 Å². The van der Waals surface area contributed by atoms with Crippen molar-refractivity contribution < 1.29 is 9.47 Å². The van der Waals surface area contributed by atoms with Crippen molar-refractivity contribution in [1.82, 2.24) is 14.7 Å². The number of likely N-dealkylation sites (N-methyl/N-ethyl adjacent to an activating group) is 2. The van der Waals surface area contributed by atoms with Crippen molar-refractivity contribution in [3.63, 3.8) is 0 Å². The normalized spacial score (nSPS) is 22.7. The smallest absolute Gasteiger partial charge is 0.127 e. The minimum atomic E-state index is 0.574. The van der Waals surface area contributed by atoms with E-state index in [0.29, 0.717) is 6.04 Å². The molecule has 0 N–H and O–H groups in total. The molecule has 2 heterocycles. The van der Waals surface area contributed by atoms with E-state index >= 15 is 0 Å². The summed E-state index contributed by atoms with van der Waals surface area (Å²) < 4.78 is 11.7. The summed E-state index contributed by atoms with van der Waals surface area (Å²) in [5, 5.41) is 0. The molecule has 25 heavy (non-hydrogen) atoms. The van der Waals surface area contributed by atoms with E-state index in [0.717, 1.165) is 63.6 Å². The van der Waals surface area contributed by atoms with Crippen LogP contribution in [0.1, 0.15) is 30.0 Å². The van der Waals surface area contributed by atoms with Crippen molar-refractivity contribution in [2.24, 2.45) is 0 Å². The molecule has 3 rings (SSSR count). The molecular formula is C20H33N3O2. The maximum absolute atomic E-state index is 5.92. The van der Waals surface area contributed by atoms with E-state index in [-0.39, 0.29) is 0 Å². The summed E-state index contributed by atoms with van der Waals surface area (Å²) in [4.78, 5) is 7.35. The number of piperazine rings is 1. The van der Waals surface area contributed by atoms with Crippen LogP contribution in [-0.2, 0) is 19.5 Å². The van der Waals surface area contributed by atoms with E-state index in [9.17, 15) is 0 Å². The van der Waals surface area contributed by atoms with Gasteiger partial charge in [0.1, 0.15) is 11.5 Å². The predicted octanol–water partition coefficient (Wildman–Crippen LogP) is 2.22. The monoisotopic (exact) mass is 347 g/mol. The van der Waals surface area contributed by atoms with Crippen molar-refractivity contribution in [2.45, 2.75) is 38.9 Å². The highest BCUT2D eigenvalue weighted by Gasteiger charge is 2.29. The summed E-state index contributed by atoms with van der Waals surface area (Å²) in [6.45, 7) is 8.62. The van der Waals surface area contributed by atoms with Gasteiger partial charge < -0.3 is 14.4 Å². The lowest BCUT2D eigenvalue weighted by Crippen LogP contribution is -2.44. The fourth-order valence-corrected chi connectivity index (χ4v) is 4.21. The largest absolute Gasteiger partial charge is 0.496 e. The summed E-state index contributed by atoms with van der Waals surface area (Å²) in [6.07, 6.45) is 2.20. The topological polar surface area (TPSA) is 28.2 Å². The molecule has 1 aromatic carbocycles. The third-order valence-corrected chi connectivity index (χ3v) is 5.89. The highest BCUT2D eigenvalue weighted by atomic mass is 16.5. The van der Waals surface area contributed by atoms with Gasteiger partial charge in [-0.25, -0.2) is 0 Å². The van der Waals surface area contributed by atoms with Crippen molar-refractivity contribution in [3.05, 3.63) is 22.8 Å². The van der Waals surface area contributed by atoms with Gasteiger partial charge in [-0.1, -0.05) is 6.92 Å². The summed E-state index contributed by atoms with van der Waals surface area (Å²) in [5.74, 6) is 2.10. The first-order chi connectivity index (χ1) is 12.1. The Balaban J connectivity index is 1.93. The molecule has 0 bridgehead atoms. The predicted molar refractivity (Wildman–Crippen MR) is 102 cm³/mol. The average molecular weight is 348 g/mol. The second kappa shape index (κ2) is 7.94. The number of hydrogen-bond donors (Lipinski definition) is 0. The maximum Gasteiger partial charge on any atom is 0.127 e. The maximum atomic E-state index is 5.92. The van der Waals surface area contributed by atoms with Gasteiger partial charge in [0.2, 0.25) is 0 Å². The molecule has 140 valence electrons. The molecule has 5 nitrogen and oxygen atoms in total. The van der Waals surface area contributed by atoms with Crippen molar-refractivity contribution in [1.29, 1.82) is 0 Å². The van der Waals surface area contributed by atoms with E-state index in [4.69, 9.17) is 9.47 Å². The summed E-state index contributed by atoms with van der Waals surface area (Å²) in [7, 11) is 8.00. The second-order valence-corrected chi connectivity index (χ2v) is 7.49. The molecule has 0 saturated carbocycles. The van der Waals surface area contributed by atoms with Crippen LogP contribution in [0, 0.1) is 0 Å². The Labute approximate surface area is 152 Å². The van der Waals surface area contributed by atoms with E-state index in [1.807, 2.05) is 7.11 Å². The van der Waals surface area contributed by atoms with Gasteiger partial charge in [0.05, 0.1) is 14.2 Å². The van der Waals surface area contributed by atoms with Crippen molar-refractivity contribution in [2.75, 3.05) is 54.5 Å². The number of ether oxygens (including phenoxy) is 2. The van der Waals surface area contributed by atoms with Gasteiger partial charge in [0, 0.05) is 62.0 Å². The van der Waals surface area contributed by atoms with E-state index in [1.54, 1.807) is 7.11 Å². The van der Waals surface area contributed by atoms with Gasteiger partial charge in [0.15, 0.2) is 0 Å². The quantitative estimate of drug-likeness (QED) is 0.814. The Morgan fingerprint density at radius 3 is 2.36 bits per heavy atom. The molecule has 0 amide bonds.